The summed E-state index contributed by atoms with van der Waals surface area (Å²) in [6.45, 7) is 6.26. The molecule has 0 atom stereocenters. The van der Waals surface area contributed by atoms with E-state index in [1.807, 2.05) is 13.8 Å². The van der Waals surface area contributed by atoms with Crippen molar-refractivity contribution in [3.8, 4) is 11.5 Å². The fraction of sp³-hybridized carbons (Fsp3) is 0.524. The average Bonchev–Trinajstić information content (AvgIpc) is 2.71. The van der Waals surface area contributed by atoms with E-state index in [0.717, 1.165) is 12.0 Å². The van der Waals surface area contributed by atoms with Gasteiger partial charge in [-0.25, -0.2) is 0 Å². The third-order valence-corrected chi connectivity index (χ3v) is 4.97. The lowest BCUT2D eigenvalue weighted by molar-refractivity contribution is -0.132. The summed E-state index contributed by atoms with van der Waals surface area (Å²) in [5.74, 6) is 1.05. The van der Waals surface area contributed by atoms with E-state index in [1.165, 1.54) is 6.08 Å². The molecule has 28 heavy (non-hydrogen) atoms. The first-order valence-corrected chi connectivity index (χ1v) is 10.1. The van der Waals surface area contributed by atoms with Crippen LogP contribution in [0, 0.1) is 5.92 Å². The van der Waals surface area contributed by atoms with Crippen LogP contribution in [-0.4, -0.2) is 50.1 Å². The summed E-state index contributed by atoms with van der Waals surface area (Å²) in [5.41, 5.74) is 0.757. The molecule has 1 heterocycles. The molecule has 0 unspecified atom stereocenters. The summed E-state index contributed by atoms with van der Waals surface area (Å²) < 4.78 is 10.8. The van der Waals surface area contributed by atoms with Crippen LogP contribution < -0.4 is 14.8 Å². The number of nitrogens with one attached hydrogen (secondary N) is 1. The molecule has 1 aromatic carbocycles. The smallest absolute Gasteiger partial charge is 0.246 e. The quantitative estimate of drug-likeness (QED) is 0.668. The Bertz CT molecular complexity index is 713. The highest BCUT2D eigenvalue weighted by molar-refractivity contribution is 6.32. The van der Waals surface area contributed by atoms with Crippen LogP contribution in [-0.2, 0) is 9.59 Å². The van der Waals surface area contributed by atoms with E-state index in [1.54, 1.807) is 30.2 Å². The molecule has 2 rings (SSSR count). The van der Waals surface area contributed by atoms with E-state index in [2.05, 4.69) is 5.32 Å². The molecule has 1 fully saturated rings. The van der Waals surface area contributed by atoms with Gasteiger partial charge in [0.2, 0.25) is 11.8 Å². The first-order valence-electron chi connectivity index (χ1n) is 9.75. The van der Waals surface area contributed by atoms with Gasteiger partial charge in [-0.3, -0.25) is 9.59 Å². The number of nitrogens with zero attached hydrogens (tertiary/aromatic N) is 1. The zero-order valence-electron chi connectivity index (χ0n) is 16.8. The molecule has 2 amide bonds. The van der Waals surface area contributed by atoms with Gasteiger partial charge in [-0.05, 0) is 50.0 Å². The van der Waals surface area contributed by atoms with Gasteiger partial charge in [-0.15, -0.1) is 0 Å². The number of carbonyl (C=O) groups excluding carboxylic acids is 2. The van der Waals surface area contributed by atoms with Gasteiger partial charge >= 0.3 is 0 Å². The Morgan fingerprint density at radius 3 is 2.61 bits per heavy atom. The standard InChI is InChI=1S/C21H29ClN2O4/c1-4-10-23-21(26)16-8-11-24(12-9-16)19(25)7-6-15-13-17(22)20(28-5-2)18(14-15)27-3/h6-7,13-14,16H,4-5,8-12H2,1-3H3,(H,23,26)/b7-6+. The van der Waals surface area contributed by atoms with Crippen LogP contribution in [0.2, 0.25) is 5.02 Å². The van der Waals surface area contributed by atoms with Crippen molar-refractivity contribution in [1.29, 1.82) is 0 Å². The van der Waals surface area contributed by atoms with Gasteiger partial charge in [-0.2, -0.15) is 0 Å². The van der Waals surface area contributed by atoms with Crippen molar-refractivity contribution in [2.45, 2.75) is 33.1 Å². The predicted molar refractivity (Wildman–Crippen MR) is 111 cm³/mol. The molecule has 7 heteroatoms. The van der Waals surface area contributed by atoms with E-state index in [0.29, 0.717) is 55.6 Å². The van der Waals surface area contributed by atoms with Crippen LogP contribution in [0.1, 0.15) is 38.7 Å². The van der Waals surface area contributed by atoms with Gasteiger partial charge in [0.05, 0.1) is 18.7 Å². The third-order valence-electron chi connectivity index (χ3n) is 4.69. The topological polar surface area (TPSA) is 67.9 Å². The van der Waals surface area contributed by atoms with Crippen LogP contribution in [0.25, 0.3) is 6.08 Å². The molecule has 6 nitrogen and oxygen atoms in total. The number of amides is 2. The number of ether oxygens (including phenoxy) is 2. The maximum atomic E-state index is 12.5. The lowest BCUT2D eigenvalue weighted by Crippen LogP contribution is -2.42. The Kier molecular flexibility index (Phi) is 8.64. The molecule has 154 valence electrons. The highest BCUT2D eigenvalue weighted by Crippen LogP contribution is 2.36. The number of likely N-dealkylation sites (tertiary alicyclic amines) is 1. The Morgan fingerprint density at radius 2 is 2.00 bits per heavy atom. The number of hydrogen-bond acceptors (Lipinski definition) is 4. The Hall–Kier alpha value is -2.21. The molecule has 0 aliphatic carbocycles. The van der Waals surface area contributed by atoms with Crippen molar-refractivity contribution < 1.29 is 19.1 Å². The summed E-state index contributed by atoms with van der Waals surface area (Å²) in [6.07, 6.45) is 5.55. The lowest BCUT2D eigenvalue weighted by Gasteiger charge is -2.30. The molecule has 0 bridgehead atoms. The normalized spacial score (nSPS) is 14.9. The van der Waals surface area contributed by atoms with Crippen molar-refractivity contribution in [1.82, 2.24) is 10.2 Å². The van der Waals surface area contributed by atoms with Gasteiger partial charge in [-0.1, -0.05) is 18.5 Å². The fourth-order valence-corrected chi connectivity index (χ4v) is 3.42. The van der Waals surface area contributed by atoms with Gasteiger partial charge < -0.3 is 19.7 Å². The van der Waals surface area contributed by atoms with E-state index < -0.39 is 0 Å². The van der Waals surface area contributed by atoms with Crippen molar-refractivity contribution in [2.75, 3.05) is 33.4 Å². The van der Waals surface area contributed by atoms with Crippen molar-refractivity contribution in [2.24, 2.45) is 5.92 Å². The number of rotatable bonds is 8. The Morgan fingerprint density at radius 1 is 1.29 bits per heavy atom. The monoisotopic (exact) mass is 408 g/mol. The zero-order chi connectivity index (χ0) is 20.5. The van der Waals surface area contributed by atoms with Crippen molar-refractivity contribution >= 4 is 29.5 Å². The van der Waals surface area contributed by atoms with Gasteiger partial charge in [0.15, 0.2) is 11.5 Å². The average molecular weight is 409 g/mol. The van der Waals surface area contributed by atoms with Crippen LogP contribution >= 0.6 is 11.6 Å². The van der Waals surface area contributed by atoms with Crippen LogP contribution in [0.3, 0.4) is 0 Å². The van der Waals surface area contributed by atoms with E-state index in [9.17, 15) is 9.59 Å². The minimum absolute atomic E-state index is 0.00578. The lowest BCUT2D eigenvalue weighted by atomic mass is 9.96. The number of piperidine rings is 1. The first-order chi connectivity index (χ1) is 13.5. The van der Waals surface area contributed by atoms with Crippen molar-refractivity contribution in [3.63, 3.8) is 0 Å². The summed E-state index contributed by atoms with van der Waals surface area (Å²) in [6, 6.07) is 3.52. The first kappa shape index (κ1) is 22.1. The maximum Gasteiger partial charge on any atom is 0.246 e. The highest BCUT2D eigenvalue weighted by atomic mass is 35.5. The fourth-order valence-electron chi connectivity index (χ4n) is 3.15. The molecule has 0 saturated carbocycles. The summed E-state index contributed by atoms with van der Waals surface area (Å²) in [7, 11) is 1.55. The largest absolute Gasteiger partial charge is 0.493 e. The summed E-state index contributed by atoms with van der Waals surface area (Å²) >= 11 is 6.27. The molecular formula is C21H29ClN2O4. The number of carbonyl (C=O) groups is 2. The second-order valence-corrected chi connectivity index (χ2v) is 7.10. The third kappa shape index (κ3) is 5.89. The molecule has 1 aliphatic rings. The Balaban J connectivity index is 1.95. The predicted octanol–water partition coefficient (Wildman–Crippen LogP) is 3.53. The van der Waals surface area contributed by atoms with Gasteiger partial charge in [0, 0.05) is 31.6 Å². The van der Waals surface area contributed by atoms with E-state index >= 15 is 0 Å². The molecule has 1 saturated heterocycles. The molecule has 1 N–H and O–H groups in total. The second kappa shape index (κ2) is 11.0. The summed E-state index contributed by atoms with van der Waals surface area (Å²) in [5, 5.41) is 3.37. The Labute approximate surface area is 171 Å². The molecule has 0 aromatic heterocycles. The van der Waals surface area contributed by atoms with Crippen LogP contribution in [0.4, 0.5) is 0 Å². The minimum Gasteiger partial charge on any atom is -0.493 e. The molecule has 1 aromatic rings. The number of halogens is 1. The summed E-state index contributed by atoms with van der Waals surface area (Å²) in [4.78, 5) is 26.3. The van der Waals surface area contributed by atoms with Crippen molar-refractivity contribution in [3.05, 3.63) is 28.8 Å². The number of benzene rings is 1. The molecule has 0 radical (unpaired) electrons. The SMILES string of the molecule is CCCNC(=O)C1CCN(C(=O)/C=C/c2cc(Cl)c(OCC)c(OC)c2)CC1. The van der Waals surface area contributed by atoms with Gasteiger partial charge in [0.25, 0.3) is 0 Å². The second-order valence-electron chi connectivity index (χ2n) is 6.69. The van der Waals surface area contributed by atoms with E-state index in [-0.39, 0.29) is 17.7 Å². The maximum absolute atomic E-state index is 12.5. The minimum atomic E-state index is -0.0728. The zero-order valence-corrected chi connectivity index (χ0v) is 17.6. The highest BCUT2D eigenvalue weighted by Gasteiger charge is 2.26. The molecule has 0 spiro atoms. The van der Waals surface area contributed by atoms with Crippen LogP contribution in [0.5, 0.6) is 11.5 Å². The number of hydrogen-bond donors (Lipinski definition) is 1. The number of methoxy groups -OCH3 is 1. The van der Waals surface area contributed by atoms with E-state index in [4.69, 9.17) is 21.1 Å². The van der Waals surface area contributed by atoms with Crippen LogP contribution in [0.15, 0.2) is 18.2 Å². The molecular weight excluding hydrogens is 380 g/mol. The van der Waals surface area contributed by atoms with Gasteiger partial charge in [0.1, 0.15) is 0 Å². The molecule has 1 aliphatic heterocycles.